The lowest BCUT2D eigenvalue weighted by molar-refractivity contribution is 0.0398. The van der Waals surface area contributed by atoms with Crippen molar-refractivity contribution in [1.29, 1.82) is 0 Å². The van der Waals surface area contributed by atoms with Gasteiger partial charge in [0.15, 0.2) is 11.5 Å². The number of aromatic amines is 1. The summed E-state index contributed by atoms with van der Waals surface area (Å²) in [6.07, 6.45) is 8.34. The summed E-state index contributed by atoms with van der Waals surface area (Å²) in [5.74, 6) is 1.30. The van der Waals surface area contributed by atoms with Gasteiger partial charge in [-0.3, -0.25) is 14.1 Å². The second kappa shape index (κ2) is 7.60. The van der Waals surface area contributed by atoms with Gasteiger partial charge in [-0.05, 0) is 0 Å². The van der Waals surface area contributed by atoms with Crippen molar-refractivity contribution in [1.82, 2.24) is 38.8 Å². The topological polar surface area (TPSA) is 118 Å². The van der Waals surface area contributed by atoms with Crippen molar-refractivity contribution in [2.75, 3.05) is 44.7 Å². The van der Waals surface area contributed by atoms with Gasteiger partial charge in [0.1, 0.15) is 23.2 Å². The molecule has 4 aromatic rings. The second-order valence-electron chi connectivity index (χ2n) is 6.89. The number of rotatable bonds is 6. The minimum Gasteiger partial charge on any atom is -0.379 e. The van der Waals surface area contributed by atoms with E-state index in [1.807, 2.05) is 10.8 Å². The van der Waals surface area contributed by atoms with Crippen molar-refractivity contribution in [3.05, 3.63) is 47.4 Å². The van der Waals surface area contributed by atoms with E-state index >= 15 is 0 Å². The summed E-state index contributed by atoms with van der Waals surface area (Å²) < 4.78 is 9.05. The maximum atomic E-state index is 12.6. The Morgan fingerprint density at radius 1 is 1.21 bits per heavy atom. The Hall–Kier alpha value is -3.31. The quantitative estimate of drug-likeness (QED) is 0.467. The van der Waals surface area contributed by atoms with Gasteiger partial charge in [0, 0.05) is 38.6 Å². The van der Waals surface area contributed by atoms with E-state index < -0.39 is 0 Å². The van der Waals surface area contributed by atoms with Crippen LogP contribution in [0.25, 0.3) is 16.7 Å². The van der Waals surface area contributed by atoms with Crippen molar-refractivity contribution in [3.63, 3.8) is 0 Å². The van der Waals surface area contributed by atoms with Crippen LogP contribution in [-0.4, -0.2) is 78.2 Å². The Morgan fingerprint density at radius 3 is 2.93 bits per heavy atom. The molecule has 5 heterocycles. The summed E-state index contributed by atoms with van der Waals surface area (Å²) >= 11 is 0. The van der Waals surface area contributed by atoms with Gasteiger partial charge < -0.3 is 19.6 Å². The highest BCUT2D eigenvalue weighted by molar-refractivity contribution is 5.84. The molecule has 11 nitrogen and oxygen atoms in total. The minimum absolute atomic E-state index is 0.229. The standard InChI is InChI=1S/C18H21N9O2/c28-18-13-9-21-14(10-26-3-1-19-12-26)27(13)17-15(24-18)16(22-11-23-17)20-2-4-25-5-7-29-8-6-25/h1,3,9,11-12H,2,4-8,10H2,(H,24,28)(H,20,22,23). The summed E-state index contributed by atoms with van der Waals surface area (Å²) in [6, 6.07) is 0. The number of hydrogen-bond acceptors (Lipinski definition) is 8. The zero-order valence-corrected chi connectivity index (χ0v) is 15.8. The lowest BCUT2D eigenvalue weighted by Crippen LogP contribution is -2.39. The highest BCUT2D eigenvalue weighted by atomic mass is 16.5. The molecule has 150 valence electrons. The molecule has 0 aliphatic carbocycles. The van der Waals surface area contributed by atoms with Crippen molar-refractivity contribution in [3.8, 4) is 0 Å². The van der Waals surface area contributed by atoms with Gasteiger partial charge in [0.05, 0.1) is 32.3 Å². The van der Waals surface area contributed by atoms with E-state index in [0.29, 0.717) is 41.4 Å². The first-order chi connectivity index (χ1) is 14.3. The molecule has 11 heteroatoms. The summed E-state index contributed by atoms with van der Waals surface area (Å²) in [7, 11) is 0. The Kier molecular flexibility index (Phi) is 4.66. The number of hydrogen-bond donors (Lipinski definition) is 2. The average Bonchev–Trinajstić information content (AvgIpc) is 3.41. The average molecular weight is 395 g/mol. The molecule has 0 saturated carbocycles. The number of H-pyrrole nitrogens is 1. The summed E-state index contributed by atoms with van der Waals surface area (Å²) in [5.41, 5.74) is 1.39. The summed E-state index contributed by atoms with van der Waals surface area (Å²) in [6.45, 7) is 5.45. The molecule has 0 radical (unpaired) electrons. The lowest BCUT2D eigenvalue weighted by atomic mass is 10.4. The van der Waals surface area contributed by atoms with E-state index in [1.165, 1.54) is 6.33 Å². The van der Waals surface area contributed by atoms with E-state index in [1.54, 1.807) is 23.1 Å². The zero-order chi connectivity index (χ0) is 19.6. The molecule has 4 aromatic heterocycles. The van der Waals surface area contributed by atoms with Gasteiger partial charge in [0.25, 0.3) is 5.56 Å². The normalized spacial score (nSPS) is 15.3. The van der Waals surface area contributed by atoms with E-state index in [2.05, 4.69) is 35.1 Å². The largest absolute Gasteiger partial charge is 0.379 e. The third-order valence-electron chi connectivity index (χ3n) is 5.05. The smallest absolute Gasteiger partial charge is 0.274 e. The number of nitrogens with zero attached hydrogens (tertiary/aromatic N) is 7. The van der Waals surface area contributed by atoms with Crippen LogP contribution in [0.3, 0.4) is 0 Å². The molecule has 2 N–H and O–H groups in total. The van der Waals surface area contributed by atoms with Crippen LogP contribution in [0.1, 0.15) is 5.82 Å². The van der Waals surface area contributed by atoms with Crippen molar-refractivity contribution in [2.24, 2.45) is 0 Å². The Bertz CT molecular complexity index is 1180. The molecule has 0 atom stereocenters. The number of morpholine rings is 1. The SMILES string of the molecule is O=c1[nH]c2c(NCCN3CCOCC3)ncnc2n2c(Cn3ccnc3)ncc12. The molecule has 0 aromatic carbocycles. The predicted molar refractivity (Wildman–Crippen MR) is 106 cm³/mol. The number of imidazole rings is 2. The van der Waals surface area contributed by atoms with Gasteiger partial charge in [0.2, 0.25) is 0 Å². The molecule has 0 amide bonds. The fourth-order valence-electron chi connectivity index (χ4n) is 3.57. The van der Waals surface area contributed by atoms with Crippen LogP contribution in [0.2, 0.25) is 0 Å². The highest BCUT2D eigenvalue weighted by Gasteiger charge is 2.16. The van der Waals surface area contributed by atoms with Gasteiger partial charge in [-0.2, -0.15) is 0 Å². The van der Waals surface area contributed by atoms with Gasteiger partial charge in [-0.25, -0.2) is 19.9 Å². The molecule has 1 aliphatic rings. The molecule has 0 spiro atoms. The number of nitrogens with one attached hydrogen (secondary N) is 2. The van der Waals surface area contributed by atoms with Crippen LogP contribution < -0.4 is 10.9 Å². The van der Waals surface area contributed by atoms with Crippen LogP contribution in [0.15, 0.2) is 36.0 Å². The van der Waals surface area contributed by atoms with Crippen molar-refractivity contribution >= 4 is 22.5 Å². The van der Waals surface area contributed by atoms with Crippen molar-refractivity contribution < 1.29 is 4.74 Å². The van der Waals surface area contributed by atoms with Crippen molar-refractivity contribution in [2.45, 2.75) is 6.54 Å². The molecule has 1 saturated heterocycles. The number of anilines is 1. The predicted octanol–water partition coefficient (Wildman–Crippen LogP) is -0.0453. The maximum absolute atomic E-state index is 12.6. The third kappa shape index (κ3) is 3.45. The van der Waals surface area contributed by atoms with E-state index in [4.69, 9.17) is 4.74 Å². The monoisotopic (exact) mass is 395 g/mol. The minimum atomic E-state index is -0.229. The molecule has 1 aliphatic heterocycles. The molecular formula is C18H21N9O2. The van der Waals surface area contributed by atoms with E-state index in [0.717, 1.165) is 32.8 Å². The van der Waals surface area contributed by atoms with E-state index in [9.17, 15) is 4.79 Å². The van der Waals surface area contributed by atoms with Crippen LogP contribution in [-0.2, 0) is 11.3 Å². The lowest BCUT2D eigenvalue weighted by Gasteiger charge is -2.26. The van der Waals surface area contributed by atoms with Crippen LogP contribution in [0.5, 0.6) is 0 Å². The first-order valence-electron chi connectivity index (χ1n) is 9.52. The molecule has 1 fully saturated rings. The fraction of sp³-hybridized carbons (Fsp3) is 0.389. The van der Waals surface area contributed by atoms with Gasteiger partial charge in [-0.1, -0.05) is 0 Å². The molecule has 5 rings (SSSR count). The molecule has 29 heavy (non-hydrogen) atoms. The Morgan fingerprint density at radius 2 is 2.10 bits per heavy atom. The highest BCUT2D eigenvalue weighted by Crippen LogP contribution is 2.18. The molecule has 0 unspecified atom stereocenters. The van der Waals surface area contributed by atoms with E-state index in [-0.39, 0.29) is 5.56 Å². The van der Waals surface area contributed by atoms with Crippen LogP contribution in [0, 0.1) is 0 Å². The van der Waals surface area contributed by atoms with Crippen LogP contribution in [0.4, 0.5) is 5.82 Å². The summed E-state index contributed by atoms with van der Waals surface area (Å²) in [4.78, 5) is 35.1. The summed E-state index contributed by atoms with van der Waals surface area (Å²) in [5, 5.41) is 3.33. The van der Waals surface area contributed by atoms with Gasteiger partial charge >= 0.3 is 0 Å². The van der Waals surface area contributed by atoms with Gasteiger partial charge in [-0.15, -0.1) is 0 Å². The third-order valence-corrected chi connectivity index (χ3v) is 5.05. The first kappa shape index (κ1) is 17.8. The Balaban J connectivity index is 1.48. The molecule has 0 bridgehead atoms. The second-order valence-corrected chi connectivity index (χ2v) is 6.89. The zero-order valence-electron chi connectivity index (χ0n) is 15.8. The van der Waals surface area contributed by atoms with Crippen LogP contribution >= 0.6 is 0 Å². The number of fused-ring (bicyclic) bond motifs is 3. The molecular weight excluding hydrogens is 374 g/mol. The number of aromatic nitrogens is 7. The number of ether oxygens (including phenoxy) is 1. The maximum Gasteiger partial charge on any atom is 0.274 e. The fourth-order valence-corrected chi connectivity index (χ4v) is 3.57. The first-order valence-corrected chi connectivity index (χ1v) is 9.52. The Labute approximate surface area is 165 Å².